The van der Waals surface area contributed by atoms with Gasteiger partial charge in [0.25, 0.3) is 0 Å². The first-order valence-electron chi connectivity index (χ1n) is 19.3. The molecule has 0 fully saturated rings. The summed E-state index contributed by atoms with van der Waals surface area (Å²) >= 11 is -2.38. The Bertz CT molecular complexity index is 3210. The zero-order valence-corrected chi connectivity index (χ0v) is 32.9. The fourth-order valence-electron chi connectivity index (χ4n) is 8.82. The predicted octanol–water partition coefficient (Wildman–Crippen LogP) is 14.5. The van der Waals surface area contributed by atoms with Crippen LogP contribution in [0.4, 0.5) is 0 Å². The van der Waals surface area contributed by atoms with E-state index in [1.54, 1.807) is 0 Å². The van der Waals surface area contributed by atoms with Crippen LogP contribution in [0.25, 0.3) is 94.2 Å². The van der Waals surface area contributed by atoms with Crippen LogP contribution in [0.15, 0.2) is 205 Å². The third kappa shape index (κ3) is 5.00. The van der Waals surface area contributed by atoms with E-state index in [0.717, 1.165) is 55.6 Å². The Morgan fingerprint density at radius 1 is 0.404 bits per heavy atom. The Balaban J connectivity index is 1.31. The van der Waals surface area contributed by atoms with Crippen LogP contribution < -0.4 is 0 Å². The average molecular weight is 841 g/mol. The predicted molar refractivity (Wildman–Crippen MR) is 244 cm³/mol. The van der Waals surface area contributed by atoms with Crippen molar-refractivity contribution in [3.8, 4) is 50.5 Å². The number of halogens is 1. The van der Waals surface area contributed by atoms with Gasteiger partial charge in [-0.25, -0.2) is 0 Å². The number of hydrogen-bond donors (Lipinski definition) is 0. The zero-order valence-electron chi connectivity index (χ0n) is 30.7. The first-order chi connectivity index (χ1) is 28.3. The van der Waals surface area contributed by atoms with Gasteiger partial charge in [-0.15, -0.1) is 0 Å². The molecule has 57 heavy (non-hydrogen) atoms. The Hall–Kier alpha value is -6.76. The van der Waals surface area contributed by atoms with Crippen LogP contribution in [0.2, 0.25) is 0 Å². The van der Waals surface area contributed by atoms with Crippen molar-refractivity contribution in [3.63, 3.8) is 0 Å². The maximum absolute atomic E-state index is 7.13. The summed E-state index contributed by atoms with van der Waals surface area (Å²) in [6.45, 7) is 0. The van der Waals surface area contributed by atoms with Crippen molar-refractivity contribution < 1.29 is 4.42 Å². The Kier molecular flexibility index (Phi) is 7.35. The van der Waals surface area contributed by atoms with Crippen LogP contribution in [0.5, 0.6) is 0 Å². The summed E-state index contributed by atoms with van der Waals surface area (Å²) in [5.41, 5.74) is 14.1. The Labute approximate surface area is 336 Å². The summed E-state index contributed by atoms with van der Waals surface area (Å²) in [5.74, 6) is 0. The minimum absolute atomic E-state index is 0.885. The van der Waals surface area contributed by atoms with Crippen LogP contribution in [-0.4, -0.2) is 9.55 Å². The fourth-order valence-corrected chi connectivity index (χ4v) is 15.6. The van der Waals surface area contributed by atoms with E-state index in [9.17, 15) is 0 Å². The summed E-state index contributed by atoms with van der Waals surface area (Å²) < 4.78 is 14.0. The summed E-state index contributed by atoms with van der Waals surface area (Å²) in [6, 6.07) is 72.7. The molecule has 8 aromatic carbocycles. The normalized spacial score (nSPS) is 12.8. The van der Waals surface area contributed by atoms with Gasteiger partial charge in [0, 0.05) is 0 Å². The summed E-state index contributed by atoms with van der Waals surface area (Å²) in [4.78, 5) is 5.35. The first kappa shape index (κ1) is 32.5. The van der Waals surface area contributed by atoms with Gasteiger partial charge in [0.2, 0.25) is 0 Å². The number of pyridine rings is 1. The molecular formula is C53H33IN2O. The van der Waals surface area contributed by atoms with E-state index in [1.165, 1.54) is 49.3 Å². The van der Waals surface area contributed by atoms with Crippen LogP contribution in [0, 0.1) is 10.7 Å². The Morgan fingerprint density at radius 2 is 0.895 bits per heavy atom. The number of benzene rings is 8. The molecule has 0 amide bonds. The molecule has 0 saturated carbocycles. The van der Waals surface area contributed by atoms with Gasteiger partial charge in [0.05, 0.1) is 0 Å². The molecule has 1 aliphatic heterocycles. The number of hydrogen-bond acceptors (Lipinski definition) is 2. The number of fused-ring (bicyclic) bond motifs is 9. The van der Waals surface area contributed by atoms with E-state index in [2.05, 4.69) is 205 Å². The quantitative estimate of drug-likeness (QED) is 0.162. The molecule has 268 valence electrons. The monoisotopic (exact) mass is 840 g/mol. The van der Waals surface area contributed by atoms with Crippen molar-refractivity contribution in [2.45, 2.75) is 0 Å². The van der Waals surface area contributed by atoms with E-state index < -0.39 is 19.8 Å². The first-order valence-corrected chi connectivity index (χ1v) is 22.5. The third-order valence-electron chi connectivity index (χ3n) is 11.3. The molecule has 0 radical (unpaired) electrons. The molecule has 0 bridgehead atoms. The second kappa shape index (κ2) is 12.9. The van der Waals surface area contributed by atoms with Gasteiger partial charge in [-0.05, 0) is 0 Å². The molecule has 11 aromatic rings. The van der Waals surface area contributed by atoms with Crippen molar-refractivity contribution in [2.24, 2.45) is 0 Å². The van der Waals surface area contributed by atoms with Gasteiger partial charge in [0.15, 0.2) is 0 Å². The van der Waals surface area contributed by atoms with Crippen molar-refractivity contribution in [1.29, 1.82) is 0 Å². The topological polar surface area (TPSA) is 31.0 Å². The molecular weight excluding hydrogens is 807 g/mol. The molecule has 0 saturated heterocycles. The molecule has 4 heterocycles. The maximum atomic E-state index is 7.13. The zero-order chi connectivity index (χ0) is 37.5. The third-order valence-corrected chi connectivity index (χ3v) is 17.5. The van der Waals surface area contributed by atoms with Crippen LogP contribution >= 0.6 is 19.8 Å². The molecule has 0 N–H and O–H groups in total. The van der Waals surface area contributed by atoms with Gasteiger partial charge < -0.3 is 0 Å². The van der Waals surface area contributed by atoms with Crippen LogP contribution in [0.1, 0.15) is 0 Å². The fraction of sp³-hybridized carbons (Fsp3) is 0. The molecule has 4 heteroatoms. The molecule has 0 unspecified atom stereocenters. The second-order valence-electron chi connectivity index (χ2n) is 14.5. The van der Waals surface area contributed by atoms with Gasteiger partial charge in [-0.3, -0.25) is 0 Å². The molecule has 3 aromatic heterocycles. The van der Waals surface area contributed by atoms with E-state index in [1.807, 2.05) is 0 Å². The SMILES string of the molecule is c1ccc(-c2cc(-c3c(-n4c5ccccc5c5ccccc54)c(I4c5ccccc5-c5ccccc54)cc4c3oc3ccccc34)cc(-c3ccccc3)n2)cc1. The number of rotatable bonds is 5. The van der Waals surface area contributed by atoms with Gasteiger partial charge in [-0.2, -0.15) is 0 Å². The van der Waals surface area contributed by atoms with Crippen molar-refractivity contribution in [2.75, 3.05) is 0 Å². The molecule has 12 rings (SSSR count). The number of aromatic nitrogens is 2. The van der Waals surface area contributed by atoms with Gasteiger partial charge >= 0.3 is 339 Å². The molecule has 1 aliphatic rings. The molecule has 0 aliphatic carbocycles. The summed E-state index contributed by atoms with van der Waals surface area (Å²) in [5, 5.41) is 4.73. The van der Waals surface area contributed by atoms with Crippen LogP contribution in [0.3, 0.4) is 0 Å². The van der Waals surface area contributed by atoms with E-state index >= 15 is 0 Å². The second-order valence-corrected chi connectivity index (χ2v) is 19.6. The Morgan fingerprint density at radius 3 is 1.49 bits per heavy atom. The van der Waals surface area contributed by atoms with Gasteiger partial charge in [0.1, 0.15) is 0 Å². The van der Waals surface area contributed by atoms with Crippen LogP contribution in [-0.2, 0) is 0 Å². The molecule has 3 nitrogen and oxygen atoms in total. The van der Waals surface area contributed by atoms with Crippen molar-refractivity contribution in [1.82, 2.24) is 9.55 Å². The minimum atomic E-state index is -2.38. The number of nitrogens with zero attached hydrogens (tertiary/aromatic N) is 2. The average Bonchev–Trinajstić information content (AvgIpc) is 3.94. The summed E-state index contributed by atoms with van der Waals surface area (Å²) in [7, 11) is 0. The standard InChI is InChI=1S/C53H33IN2O/c1-3-17-34(18-4-1)46-31-36(32-47(55-46)35-19-5-2-6-20-35)51-52(56-48-28-14-9-23-39(48)40-24-10-15-29-49(40)56)45(33-42-41-25-11-16-30-50(41)57-53(42)51)54-43-26-12-7-21-37(43)38-22-8-13-27-44(38)54/h1-33H. The number of para-hydroxylation sites is 3. The van der Waals surface area contributed by atoms with Crippen molar-refractivity contribution in [3.05, 3.63) is 211 Å². The molecule has 0 spiro atoms. The van der Waals surface area contributed by atoms with Crippen molar-refractivity contribution >= 4 is 63.6 Å². The number of furan rings is 1. The van der Waals surface area contributed by atoms with E-state index in [4.69, 9.17) is 9.40 Å². The van der Waals surface area contributed by atoms with E-state index in [0.29, 0.717) is 0 Å². The summed E-state index contributed by atoms with van der Waals surface area (Å²) in [6.07, 6.45) is 0. The van der Waals surface area contributed by atoms with Gasteiger partial charge in [-0.1, -0.05) is 0 Å². The molecule has 0 atom stereocenters. The van der Waals surface area contributed by atoms with E-state index in [-0.39, 0.29) is 0 Å².